The molecular weight excluding hydrogens is 352 g/mol. The standard InChI is InChI=1S/C24H30O4/c1-15-8-10-19(11-9-15)20-13-21(22(14-20)17(3)25)16(2)12-23(27-6)24(28-7)18(4)26-5/h8-12,14,21-22H,2,13H2,1,3-7H3/b23-12+,24-18-/t21-,22?/m0/s1. The summed E-state index contributed by atoms with van der Waals surface area (Å²) in [5, 5.41) is 0. The van der Waals surface area contributed by atoms with Crippen molar-refractivity contribution >= 4 is 11.4 Å². The summed E-state index contributed by atoms with van der Waals surface area (Å²) in [6, 6.07) is 8.39. The van der Waals surface area contributed by atoms with E-state index in [1.54, 1.807) is 35.2 Å². The summed E-state index contributed by atoms with van der Waals surface area (Å²) in [7, 11) is 4.73. The van der Waals surface area contributed by atoms with Crippen molar-refractivity contribution in [2.45, 2.75) is 27.2 Å². The van der Waals surface area contributed by atoms with Crippen LogP contribution in [0.4, 0.5) is 0 Å². The predicted molar refractivity (Wildman–Crippen MR) is 112 cm³/mol. The maximum atomic E-state index is 12.3. The number of ether oxygens (including phenoxy) is 3. The van der Waals surface area contributed by atoms with Gasteiger partial charge in [-0.2, -0.15) is 0 Å². The third-order valence-electron chi connectivity index (χ3n) is 5.21. The molecule has 4 heteroatoms. The fourth-order valence-electron chi connectivity index (χ4n) is 3.51. The van der Waals surface area contributed by atoms with E-state index in [4.69, 9.17) is 14.2 Å². The largest absolute Gasteiger partial charge is 0.497 e. The number of allylic oxidation sites excluding steroid dienone is 5. The second-order valence-electron chi connectivity index (χ2n) is 7.09. The van der Waals surface area contributed by atoms with Gasteiger partial charge in [-0.3, -0.25) is 4.79 Å². The Kier molecular flexibility index (Phi) is 7.27. The first-order valence-electron chi connectivity index (χ1n) is 9.34. The van der Waals surface area contributed by atoms with E-state index in [1.165, 1.54) is 11.1 Å². The Hall–Kier alpha value is -2.75. The molecule has 0 fully saturated rings. The van der Waals surface area contributed by atoms with Crippen molar-refractivity contribution in [2.75, 3.05) is 21.3 Å². The number of hydrogen-bond acceptors (Lipinski definition) is 4. The quantitative estimate of drug-likeness (QED) is 0.457. The number of aryl methyl sites for hydroxylation is 1. The lowest BCUT2D eigenvalue weighted by Crippen LogP contribution is -2.17. The lowest BCUT2D eigenvalue weighted by atomic mass is 9.85. The Morgan fingerprint density at radius 3 is 2.21 bits per heavy atom. The van der Waals surface area contributed by atoms with Gasteiger partial charge in [0.15, 0.2) is 11.5 Å². The highest BCUT2D eigenvalue weighted by molar-refractivity contribution is 5.86. The summed E-state index contributed by atoms with van der Waals surface area (Å²) in [6.45, 7) is 9.75. The van der Waals surface area contributed by atoms with Gasteiger partial charge in [-0.25, -0.2) is 0 Å². The number of methoxy groups -OCH3 is 3. The smallest absolute Gasteiger partial charge is 0.198 e. The molecule has 0 heterocycles. The Bertz CT molecular complexity index is 825. The van der Waals surface area contributed by atoms with Crippen molar-refractivity contribution in [3.05, 3.63) is 77.0 Å². The Balaban J connectivity index is 2.33. The molecule has 2 atom stereocenters. The molecule has 0 saturated carbocycles. The van der Waals surface area contributed by atoms with E-state index in [1.807, 2.05) is 6.08 Å². The fourth-order valence-corrected chi connectivity index (χ4v) is 3.51. The van der Waals surface area contributed by atoms with Crippen molar-refractivity contribution in [1.82, 2.24) is 0 Å². The molecule has 0 radical (unpaired) electrons. The molecule has 2 rings (SSSR count). The van der Waals surface area contributed by atoms with E-state index in [0.717, 1.165) is 17.6 Å². The molecule has 150 valence electrons. The number of hydrogen-bond donors (Lipinski definition) is 0. The average Bonchev–Trinajstić information content (AvgIpc) is 3.13. The van der Waals surface area contributed by atoms with Crippen LogP contribution in [0, 0.1) is 18.8 Å². The Morgan fingerprint density at radius 2 is 1.71 bits per heavy atom. The molecule has 28 heavy (non-hydrogen) atoms. The summed E-state index contributed by atoms with van der Waals surface area (Å²) in [5.41, 5.74) is 4.37. The van der Waals surface area contributed by atoms with Crippen LogP contribution in [0.3, 0.4) is 0 Å². The zero-order chi connectivity index (χ0) is 20.8. The molecule has 0 bridgehead atoms. The van der Waals surface area contributed by atoms with Crippen LogP contribution in [0.1, 0.15) is 31.4 Å². The van der Waals surface area contributed by atoms with Crippen LogP contribution >= 0.6 is 0 Å². The maximum Gasteiger partial charge on any atom is 0.198 e. The monoisotopic (exact) mass is 382 g/mol. The van der Waals surface area contributed by atoms with E-state index >= 15 is 0 Å². The molecule has 1 aliphatic carbocycles. The van der Waals surface area contributed by atoms with Crippen LogP contribution in [0.5, 0.6) is 0 Å². The number of benzene rings is 1. The Morgan fingerprint density at radius 1 is 1.07 bits per heavy atom. The molecule has 0 N–H and O–H groups in total. The van der Waals surface area contributed by atoms with Crippen LogP contribution < -0.4 is 0 Å². The van der Waals surface area contributed by atoms with Crippen molar-refractivity contribution in [3.8, 4) is 0 Å². The highest BCUT2D eigenvalue weighted by Gasteiger charge is 2.33. The number of ketones is 1. The van der Waals surface area contributed by atoms with Gasteiger partial charge in [-0.1, -0.05) is 42.5 Å². The molecule has 0 saturated heterocycles. The lowest BCUT2D eigenvalue weighted by Gasteiger charge is -2.19. The molecule has 0 spiro atoms. The summed E-state index contributed by atoms with van der Waals surface area (Å²) >= 11 is 0. The SMILES string of the molecule is C=C(/C=C(OC)\C(OC)=C(/C)OC)[C@@H]1CC(c2ccc(C)cc2)=CC1C(C)=O. The third-order valence-corrected chi connectivity index (χ3v) is 5.21. The zero-order valence-electron chi connectivity index (χ0n) is 17.7. The molecule has 0 aliphatic heterocycles. The van der Waals surface area contributed by atoms with Crippen molar-refractivity contribution in [1.29, 1.82) is 0 Å². The molecule has 1 unspecified atom stereocenters. The maximum absolute atomic E-state index is 12.3. The van der Waals surface area contributed by atoms with Crippen molar-refractivity contribution < 1.29 is 19.0 Å². The van der Waals surface area contributed by atoms with Crippen LogP contribution in [-0.2, 0) is 19.0 Å². The Labute approximate surface area is 168 Å². The molecule has 4 nitrogen and oxygen atoms in total. The summed E-state index contributed by atoms with van der Waals surface area (Å²) in [4.78, 5) is 12.3. The van der Waals surface area contributed by atoms with Gasteiger partial charge in [0.25, 0.3) is 0 Å². The first-order valence-corrected chi connectivity index (χ1v) is 9.34. The molecule has 1 aliphatic rings. The van der Waals surface area contributed by atoms with Gasteiger partial charge in [0.05, 0.1) is 21.3 Å². The van der Waals surface area contributed by atoms with Crippen molar-refractivity contribution in [3.63, 3.8) is 0 Å². The van der Waals surface area contributed by atoms with Crippen LogP contribution in [-0.4, -0.2) is 27.1 Å². The van der Waals surface area contributed by atoms with E-state index < -0.39 is 0 Å². The lowest BCUT2D eigenvalue weighted by molar-refractivity contribution is -0.120. The normalized spacial score (nSPS) is 20.2. The predicted octanol–water partition coefficient (Wildman–Crippen LogP) is 5.21. The van der Waals surface area contributed by atoms with Gasteiger partial charge >= 0.3 is 0 Å². The van der Waals surface area contributed by atoms with Crippen molar-refractivity contribution in [2.24, 2.45) is 11.8 Å². The number of carbonyl (C=O) groups is 1. The minimum Gasteiger partial charge on any atom is -0.497 e. The van der Waals surface area contributed by atoms with Gasteiger partial charge in [-0.15, -0.1) is 0 Å². The van der Waals surface area contributed by atoms with E-state index in [9.17, 15) is 4.79 Å². The highest BCUT2D eigenvalue weighted by atomic mass is 16.5. The van der Waals surface area contributed by atoms with Gasteiger partial charge in [0, 0.05) is 11.8 Å². The van der Waals surface area contributed by atoms with E-state index in [0.29, 0.717) is 17.3 Å². The highest BCUT2D eigenvalue weighted by Crippen LogP contribution is 2.41. The van der Waals surface area contributed by atoms with Crippen LogP contribution in [0.2, 0.25) is 0 Å². The second kappa shape index (κ2) is 9.45. The van der Waals surface area contributed by atoms with Crippen LogP contribution in [0.15, 0.2) is 65.8 Å². The van der Waals surface area contributed by atoms with Crippen LogP contribution in [0.25, 0.3) is 5.57 Å². The third kappa shape index (κ3) is 4.75. The molecular formula is C24H30O4. The van der Waals surface area contributed by atoms with Gasteiger partial charge in [-0.05, 0) is 50.0 Å². The minimum absolute atomic E-state index is 0.0140. The fraction of sp³-hybridized carbons (Fsp3) is 0.375. The van der Waals surface area contributed by atoms with Gasteiger partial charge in [0.2, 0.25) is 0 Å². The van der Waals surface area contributed by atoms with E-state index in [-0.39, 0.29) is 17.6 Å². The summed E-state index contributed by atoms with van der Waals surface area (Å²) in [6.07, 6.45) is 4.68. The molecule has 0 aromatic heterocycles. The number of rotatable bonds is 8. The molecule has 0 amide bonds. The summed E-state index contributed by atoms with van der Waals surface area (Å²) < 4.78 is 16.2. The molecule has 1 aromatic rings. The summed E-state index contributed by atoms with van der Waals surface area (Å²) in [5.74, 6) is 1.57. The minimum atomic E-state index is -0.198. The average molecular weight is 383 g/mol. The van der Waals surface area contributed by atoms with Gasteiger partial charge in [0.1, 0.15) is 11.5 Å². The number of Topliss-reactive ketones (excluding diaryl/α,β-unsaturated/α-hetero) is 1. The zero-order valence-corrected chi connectivity index (χ0v) is 17.7. The second-order valence-corrected chi connectivity index (χ2v) is 7.09. The molecule has 1 aromatic carbocycles. The van der Waals surface area contributed by atoms with E-state index in [2.05, 4.69) is 43.8 Å². The first kappa shape index (κ1) is 21.5. The first-order chi connectivity index (χ1) is 13.3. The topological polar surface area (TPSA) is 44.8 Å². The van der Waals surface area contributed by atoms with Gasteiger partial charge < -0.3 is 14.2 Å². The number of carbonyl (C=O) groups excluding carboxylic acids is 1.